The standard InChI is InChI=1S/C24H24FN5O2/c25-19-6-3-5-17(13-19)20-15-29(16-24(20)10-2-1-7-22(31)28-24)23(32)18-8-9-21(26-14-18)30-12-4-11-27-30/h3-6,8-9,11-14,20H,1-2,7,10,15-16H2,(H,28,31)/t20-,24+/m0/s1. The van der Waals surface area contributed by atoms with E-state index in [9.17, 15) is 14.0 Å². The maximum absolute atomic E-state index is 14.0. The van der Waals surface area contributed by atoms with Crippen molar-refractivity contribution < 1.29 is 14.0 Å². The summed E-state index contributed by atoms with van der Waals surface area (Å²) in [6.45, 7) is 0.795. The summed E-state index contributed by atoms with van der Waals surface area (Å²) in [4.78, 5) is 32.0. The highest BCUT2D eigenvalue weighted by atomic mass is 19.1. The van der Waals surface area contributed by atoms with Crippen LogP contribution >= 0.6 is 0 Å². The van der Waals surface area contributed by atoms with E-state index >= 15 is 0 Å². The van der Waals surface area contributed by atoms with Gasteiger partial charge in [0.2, 0.25) is 5.91 Å². The lowest BCUT2D eigenvalue weighted by Crippen LogP contribution is -2.52. The Morgan fingerprint density at radius 3 is 2.84 bits per heavy atom. The highest BCUT2D eigenvalue weighted by Crippen LogP contribution is 2.41. The Hall–Kier alpha value is -3.55. The monoisotopic (exact) mass is 433 g/mol. The van der Waals surface area contributed by atoms with Crippen LogP contribution in [-0.2, 0) is 4.79 Å². The van der Waals surface area contributed by atoms with E-state index in [4.69, 9.17) is 0 Å². The molecule has 2 aromatic heterocycles. The van der Waals surface area contributed by atoms with Gasteiger partial charge in [-0.25, -0.2) is 14.1 Å². The van der Waals surface area contributed by atoms with E-state index in [2.05, 4.69) is 15.4 Å². The fraction of sp³-hybridized carbons (Fsp3) is 0.333. The lowest BCUT2D eigenvalue weighted by molar-refractivity contribution is -0.122. The van der Waals surface area contributed by atoms with Crippen LogP contribution < -0.4 is 5.32 Å². The fourth-order valence-electron chi connectivity index (χ4n) is 4.96. The Labute approximate surface area is 185 Å². The predicted molar refractivity (Wildman–Crippen MR) is 116 cm³/mol. The number of amides is 2. The van der Waals surface area contributed by atoms with E-state index in [1.165, 1.54) is 12.1 Å². The molecule has 164 valence electrons. The van der Waals surface area contributed by atoms with Crippen LogP contribution in [0.3, 0.4) is 0 Å². The van der Waals surface area contributed by atoms with Gasteiger partial charge < -0.3 is 10.2 Å². The van der Waals surface area contributed by atoms with E-state index in [0.29, 0.717) is 30.9 Å². The van der Waals surface area contributed by atoms with Crippen molar-refractivity contribution in [1.82, 2.24) is 25.0 Å². The van der Waals surface area contributed by atoms with E-state index in [-0.39, 0.29) is 23.5 Å². The molecule has 5 rings (SSSR count). The SMILES string of the molecule is O=C1CCCC[C@]2(CN(C(=O)c3ccc(-n4cccn4)nc3)C[C@H]2c2cccc(F)c2)N1. The Morgan fingerprint density at radius 1 is 1.19 bits per heavy atom. The van der Waals surface area contributed by atoms with E-state index in [0.717, 1.165) is 24.8 Å². The number of likely N-dealkylation sites (tertiary alicyclic amines) is 1. The van der Waals surface area contributed by atoms with Gasteiger partial charge in [-0.15, -0.1) is 0 Å². The van der Waals surface area contributed by atoms with E-state index < -0.39 is 5.54 Å². The minimum Gasteiger partial charge on any atom is -0.348 e. The molecule has 2 amide bonds. The first-order valence-corrected chi connectivity index (χ1v) is 10.9. The van der Waals surface area contributed by atoms with Crippen LogP contribution in [0.5, 0.6) is 0 Å². The average Bonchev–Trinajstić information content (AvgIpc) is 3.41. The van der Waals surface area contributed by atoms with Gasteiger partial charge in [0.25, 0.3) is 5.91 Å². The molecule has 2 aliphatic rings. The third-order valence-electron chi connectivity index (χ3n) is 6.48. The Balaban J connectivity index is 1.44. The van der Waals surface area contributed by atoms with Gasteiger partial charge >= 0.3 is 0 Å². The number of nitrogens with zero attached hydrogens (tertiary/aromatic N) is 4. The number of hydrogen-bond donors (Lipinski definition) is 1. The van der Waals surface area contributed by atoms with Gasteiger partial charge in [-0.3, -0.25) is 9.59 Å². The predicted octanol–water partition coefficient (Wildman–Crippen LogP) is 3.08. The highest BCUT2D eigenvalue weighted by Gasteiger charge is 2.50. The molecule has 2 aliphatic heterocycles. The first-order chi connectivity index (χ1) is 15.5. The highest BCUT2D eigenvalue weighted by molar-refractivity contribution is 5.94. The molecular weight excluding hydrogens is 409 g/mol. The van der Waals surface area contributed by atoms with Gasteiger partial charge in [0, 0.05) is 44.0 Å². The summed E-state index contributed by atoms with van der Waals surface area (Å²) < 4.78 is 15.7. The zero-order valence-corrected chi connectivity index (χ0v) is 17.6. The number of nitrogens with one attached hydrogen (secondary N) is 1. The first-order valence-electron chi connectivity index (χ1n) is 10.9. The minimum absolute atomic E-state index is 0.0107. The Kier molecular flexibility index (Phi) is 5.20. The number of aromatic nitrogens is 3. The van der Waals surface area contributed by atoms with Crippen molar-refractivity contribution in [2.45, 2.75) is 37.1 Å². The maximum Gasteiger partial charge on any atom is 0.255 e. The summed E-state index contributed by atoms with van der Waals surface area (Å²) in [7, 11) is 0. The van der Waals surface area contributed by atoms with Crippen LogP contribution in [0.2, 0.25) is 0 Å². The number of benzene rings is 1. The maximum atomic E-state index is 14.0. The van der Waals surface area contributed by atoms with Crippen molar-refractivity contribution >= 4 is 11.8 Å². The molecule has 0 unspecified atom stereocenters. The summed E-state index contributed by atoms with van der Waals surface area (Å²) in [6, 6.07) is 11.8. The van der Waals surface area contributed by atoms with Crippen molar-refractivity contribution in [3.8, 4) is 5.82 Å². The number of carbonyl (C=O) groups is 2. The topological polar surface area (TPSA) is 80.1 Å². The van der Waals surface area contributed by atoms with Crippen molar-refractivity contribution in [3.05, 3.63) is 78.0 Å². The molecule has 0 aliphatic carbocycles. The molecule has 1 spiro atoms. The number of pyridine rings is 1. The van der Waals surface area contributed by atoms with Crippen molar-refractivity contribution in [2.24, 2.45) is 0 Å². The molecule has 2 fully saturated rings. The molecule has 8 heteroatoms. The van der Waals surface area contributed by atoms with Gasteiger partial charge in [-0.2, -0.15) is 5.10 Å². The average molecular weight is 433 g/mol. The van der Waals surface area contributed by atoms with Crippen LogP contribution in [-0.4, -0.2) is 50.1 Å². The molecule has 3 aromatic rings. The van der Waals surface area contributed by atoms with Crippen LogP contribution in [0.25, 0.3) is 5.82 Å². The summed E-state index contributed by atoms with van der Waals surface area (Å²) in [5, 5.41) is 7.35. The third-order valence-corrected chi connectivity index (χ3v) is 6.48. The van der Waals surface area contributed by atoms with Crippen LogP contribution in [0, 0.1) is 5.82 Å². The molecule has 1 N–H and O–H groups in total. The summed E-state index contributed by atoms with van der Waals surface area (Å²) >= 11 is 0. The van der Waals surface area contributed by atoms with Gasteiger partial charge in [0.1, 0.15) is 5.82 Å². The Morgan fingerprint density at radius 2 is 2.09 bits per heavy atom. The third kappa shape index (κ3) is 3.77. The second-order valence-corrected chi connectivity index (χ2v) is 8.56. The van der Waals surface area contributed by atoms with Crippen LogP contribution in [0.15, 0.2) is 61.1 Å². The van der Waals surface area contributed by atoms with Gasteiger partial charge in [-0.1, -0.05) is 18.6 Å². The largest absolute Gasteiger partial charge is 0.348 e. The first kappa shape index (κ1) is 20.4. The molecule has 4 heterocycles. The van der Waals surface area contributed by atoms with Crippen molar-refractivity contribution in [3.63, 3.8) is 0 Å². The second kappa shape index (κ2) is 8.18. The summed E-state index contributed by atoms with van der Waals surface area (Å²) in [5.74, 6) is -0.0378. The van der Waals surface area contributed by atoms with Crippen LogP contribution in [0.1, 0.15) is 47.5 Å². The smallest absolute Gasteiger partial charge is 0.255 e. The fourth-order valence-corrected chi connectivity index (χ4v) is 4.96. The van der Waals surface area contributed by atoms with Gasteiger partial charge in [0.15, 0.2) is 5.82 Å². The van der Waals surface area contributed by atoms with Gasteiger partial charge in [0.05, 0.1) is 11.1 Å². The second-order valence-electron chi connectivity index (χ2n) is 8.56. The zero-order chi connectivity index (χ0) is 22.1. The summed E-state index contributed by atoms with van der Waals surface area (Å²) in [5.41, 5.74) is 0.671. The molecule has 2 atom stereocenters. The van der Waals surface area contributed by atoms with Crippen LogP contribution in [0.4, 0.5) is 4.39 Å². The molecule has 2 saturated heterocycles. The molecule has 7 nitrogen and oxygen atoms in total. The summed E-state index contributed by atoms with van der Waals surface area (Å²) in [6.07, 6.45) is 7.92. The van der Waals surface area contributed by atoms with Crippen molar-refractivity contribution in [1.29, 1.82) is 0 Å². The number of rotatable bonds is 3. The number of carbonyl (C=O) groups excluding carboxylic acids is 2. The lowest BCUT2D eigenvalue weighted by Gasteiger charge is -2.34. The molecule has 0 bridgehead atoms. The molecule has 0 saturated carbocycles. The van der Waals surface area contributed by atoms with E-state index in [1.807, 2.05) is 6.07 Å². The minimum atomic E-state index is -0.598. The number of halogens is 1. The van der Waals surface area contributed by atoms with E-state index in [1.54, 1.807) is 52.4 Å². The lowest BCUT2D eigenvalue weighted by atomic mass is 9.79. The molecule has 32 heavy (non-hydrogen) atoms. The normalized spacial score (nSPS) is 23.2. The molecule has 0 radical (unpaired) electrons. The zero-order valence-electron chi connectivity index (χ0n) is 17.6. The quantitative estimate of drug-likeness (QED) is 0.689. The van der Waals surface area contributed by atoms with Crippen molar-refractivity contribution in [2.75, 3.05) is 13.1 Å². The molecular formula is C24H24FN5O2. The van der Waals surface area contributed by atoms with Gasteiger partial charge in [-0.05, 0) is 48.7 Å². The number of hydrogen-bond acceptors (Lipinski definition) is 4. The Bertz CT molecular complexity index is 1130. The molecule has 1 aromatic carbocycles.